The first-order valence-corrected chi connectivity index (χ1v) is 11.0. The fourth-order valence-electron chi connectivity index (χ4n) is 4.73. The van der Waals surface area contributed by atoms with Gasteiger partial charge in [0.25, 0.3) is 0 Å². The molecule has 134 valence electrons. The Morgan fingerprint density at radius 3 is 2.54 bits per heavy atom. The zero-order valence-corrected chi connectivity index (χ0v) is 16.0. The standard InChI is InChI=1S/C20H31NO2S/c1-4-6-19-20(13-17-15(3)7-5-8-18(17)21-19)24(22,23)16-11-9-14(2)10-12-16/h9-12,15,17-21H,4-8,13H2,1-3H3/t15-,17+,18-,19+,20+/m1/s1. The molecule has 4 heteroatoms. The summed E-state index contributed by atoms with van der Waals surface area (Å²) in [5, 5.41) is 3.46. The molecule has 2 aliphatic rings. The van der Waals surface area contributed by atoms with Crippen molar-refractivity contribution in [3.8, 4) is 0 Å². The van der Waals surface area contributed by atoms with E-state index in [1.54, 1.807) is 12.1 Å². The van der Waals surface area contributed by atoms with Crippen molar-refractivity contribution in [3.05, 3.63) is 29.8 Å². The molecule has 0 unspecified atom stereocenters. The van der Waals surface area contributed by atoms with Crippen LogP contribution in [0.25, 0.3) is 0 Å². The Bertz CT molecular complexity index is 653. The van der Waals surface area contributed by atoms with E-state index in [4.69, 9.17) is 0 Å². The van der Waals surface area contributed by atoms with Gasteiger partial charge in [0.15, 0.2) is 9.84 Å². The average molecular weight is 350 g/mol. The van der Waals surface area contributed by atoms with Gasteiger partial charge >= 0.3 is 0 Å². The molecule has 1 aliphatic carbocycles. The summed E-state index contributed by atoms with van der Waals surface area (Å²) >= 11 is 0. The van der Waals surface area contributed by atoms with Gasteiger partial charge in [0.2, 0.25) is 0 Å². The molecule has 0 bridgehead atoms. The first kappa shape index (κ1) is 17.9. The Morgan fingerprint density at radius 2 is 1.88 bits per heavy atom. The number of piperidine rings is 1. The fourth-order valence-corrected chi connectivity index (χ4v) is 6.72. The lowest BCUT2D eigenvalue weighted by atomic mass is 9.71. The van der Waals surface area contributed by atoms with Crippen molar-refractivity contribution in [2.45, 2.75) is 81.5 Å². The van der Waals surface area contributed by atoms with E-state index in [0.29, 0.717) is 22.8 Å². The predicted molar refractivity (Wildman–Crippen MR) is 98.9 cm³/mol. The number of aryl methyl sites for hydroxylation is 1. The van der Waals surface area contributed by atoms with E-state index >= 15 is 0 Å². The van der Waals surface area contributed by atoms with Gasteiger partial charge in [0, 0.05) is 12.1 Å². The van der Waals surface area contributed by atoms with Crippen LogP contribution in [0, 0.1) is 18.8 Å². The van der Waals surface area contributed by atoms with Gasteiger partial charge in [-0.05, 0) is 50.2 Å². The Labute approximate surface area is 147 Å². The third-order valence-electron chi connectivity index (χ3n) is 6.15. The van der Waals surface area contributed by atoms with Crippen LogP contribution in [-0.4, -0.2) is 25.8 Å². The molecule has 3 rings (SSSR count). The number of fused-ring (bicyclic) bond motifs is 1. The van der Waals surface area contributed by atoms with Crippen LogP contribution < -0.4 is 5.32 Å². The summed E-state index contributed by atoms with van der Waals surface area (Å²) in [5.41, 5.74) is 1.10. The third-order valence-corrected chi connectivity index (χ3v) is 8.40. The lowest BCUT2D eigenvalue weighted by Crippen LogP contribution is -2.59. The molecule has 1 saturated carbocycles. The van der Waals surface area contributed by atoms with Crippen molar-refractivity contribution in [3.63, 3.8) is 0 Å². The van der Waals surface area contributed by atoms with E-state index in [9.17, 15) is 8.42 Å². The summed E-state index contributed by atoms with van der Waals surface area (Å²) in [6.45, 7) is 6.44. The number of nitrogens with one attached hydrogen (secondary N) is 1. The van der Waals surface area contributed by atoms with Gasteiger partial charge in [-0.3, -0.25) is 0 Å². The smallest absolute Gasteiger partial charge is 0.182 e. The van der Waals surface area contributed by atoms with Crippen LogP contribution in [0.1, 0.15) is 57.9 Å². The van der Waals surface area contributed by atoms with Crippen molar-refractivity contribution >= 4 is 9.84 Å². The molecule has 0 radical (unpaired) electrons. The van der Waals surface area contributed by atoms with Crippen LogP contribution >= 0.6 is 0 Å². The molecular weight excluding hydrogens is 318 g/mol. The number of hydrogen-bond acceptors (Lipinski definition) is 3. The van der Waals surface area contributed by atoms with Gasteiger partial charge in [-0.25, -0.2) is 8.42 Å². The maximum absolute atomic E-state index is 13.3. The van der Waals surface area contributed by atoms with E-state index < -0.39 is 9.84 Å². The average Bonchev–Trinajstić information content (AvgIpc) is 2.55. The fraction of sp³-hybridized carbons (Fsp3) is 0.700. The molecule has 1 aromatic rings. The van der Waals surface area contributed by atoms with Crippen LogP contribution in [0.3, 0.4) is 0 Å². The second kappa shape index (κ2) is 7.17. The van der Waals surface area contributed by atoms with Crippen molar-refractivity contribution in [1.82, 2.24) is 5.32 Å². The molecule has 1 aromatic carbocycles. The van der Waals surface area contributed by atoms with Crippen LogP contribution in [0.2, 0.25) is 0 Å². The highest BCUT2D eigenvalue weighted by Gasteiger charge is 2.45. The molecule has 0 aromatic heterocycles. The Balaban J connectivity index is 1.91. The molecule has 1 aliphatic heterocycles. The molecular formula is C20H31NO2S. The highest BCUT2D eigenvalue weighted by molar-refractivity contribution is 7.92. The second-order valence-electron chi connectivity index (χ2n) is 7.87. The number of sulfone groups is 1. The third kappa shape index (κ3) is 3.41. The van der Waals surface area contributed by atoms with Gasteiger partial charge in [-0.15, -0.1) is 0 Å². The molecule has 0 amide bonds. The molecule has 2 fully saturated rings. The van der Waals surface area contributed by atoms with Gasteiger partial charge < -0.3 is 5.32 Å². The lowest BCUT2D eigenvalue weighted by Gasteiger charge is -2.47. The maximum atomic E-state index is 13.3. The van der Waals surface area contributed by atoms with Gasteiger partial charge in [-0.1, -0.05) is 50.8 Å². The van der Waals surface area contributed by atoms with E-state index in [1.165, 1.54) is 19.3 Å². The summed E-state index contributed by atoms with van der Waals surface area (Å²) < 4.78 is 26.6. The minimum Gasteiger partial charge on any atom is -0.310 e. The summed E-state index contributed by atoms with van der Waals surface area (Å²) in [6, 6.07) is 7.98. The van der Waals surface area contributed by atoms with Gasteiger partial charge in [0.1, 0.15) is 0 Å². The maximum Gasteiger partial charge on any atom is 0.182 e. The Hall–Kier alpha value is -0.870. The number of rotatable bonds is 4. The topological polar surface area (TPSA) is 46.2 Å². The second-order valence-corrected chi connectivity index (χ2v) is 10.0. The quantitative estimate of drug-likeness (QED) is 0.890. The normalized spacial score (nSPS) is 33.9. The van der Waals surface area contributed by atoms with Crippen LogP contribution in [0.15, 0.2) is 29.2 Å². The Morgan fingerprint density at radius 1 is 1.17 bits per heavy atom. The zero-order chi connectivity index (χ0) is 17.3. The Kier molecular flexibility index (Phi) is 5.36. The van der Waals surface area contributed by atoms with E-state index in [-0.39, 0.29) is 11.3 Å². The first-order chi connectivity index (χ1) is 11.4. The summed E-state index contributed by atoms with van der Waals surface area (Å²) in [4.78, 5) is 0.489. The summed E-state index contributed by atoms with van der Waals surface area (Å²) in [7, 11) is -3.29. The molecule has 1 N–H and O–H groups in total. The minimum atomic E-state index is -3.29. The molecule has 24 heavy (non-hydrogen) atoms. The molecule has 5 atom stereocenters. The first-order valence-electron chi connectivity index (χ1n) is 9.50. The summed E-state index contributed by atoms with van der Waals surface area (Å²) in [5.74, 6) is 1.12. The van der Waals surface area contributed by atoms with Gasteiger partial charge in [0.05, 0.1) is 10.1 Å². The molecule has 3 nitrogen and oxygen atoms in total. The molecule has 1 saturated heterocycles. The van der Waals surface area contributed by atoms with Crippen LogP contribution in [0.4, 0.5) is 0 Å². The van der Waals surface area contributed by atoms with E-state index in [1.807, 2.05) is 19.1 Å². The molecule has 0 spiro atoms. The van der Waals surface area contributed by atoms with Gasteiger partial charge in [-0.2, -0.15) is 0 Å². The SMILES string of the molecule is CCC[C@@H]1N[C@@H]2CCC[C@@H](C)[C@@H]2C[C@@H]1S(=O)(=O)c1ccc(C)cc1. The minimum absolute atomic E-state index is 0.0906. The summed E-state index contributed by atoms with van der Waals surface area (Å²) in [6.07, 6.45) is 6.48. The highest BCUT2D eigenvalue weighted by atomic mass is 32.2. The van der Waals surface area contributed by atoms with Crippen molar-refractivity contribution < 1.29 is 8.42 Å². The molecule has 1 heterocycles. The predicted octanol–water partition coefficient (Wildman–Crippen LogP) is 4.10. The highest BCUT2D eigenvalue weighted by Crippen LogP contribution is 2.40. The number of benzene rings is 1. The zero-order valence-electron chi connectivity index (χ0n) is 15.2. The van der Waals surface area contributed by atoms with Crippen molar-refractivity contribution in [2.24, 2.45) is 11.8 Å². The van der Waals surface area contributed by atoms with Crippen LogP contribution in [-0.2, 0) is 9.84 Å². The van der Waals surface area contributed by atoms with Crippen molar-refractivity contribution in [2.75, 3.05) is 0 Å². The van der Waals surface area contributed by atoms with E-state index in [2.05, 4.69) is 19.2 Å². The van der Waals surface area contributed by atoms with E-state index in [0.717, 1.165) is 24.8 Å². The van der Waals surface area contributed by atoms with Crippen LogP contribution in [0.5, 0.6) is 0 Å². The number of hydrogen-bond donors (Lipinski definition) is 1. The van der Waals surface area contributed by atoms with Crippen molar-refractivity contribution in [1.29, 1.82) is 0 Å². The largest absolute Gasteiger partial charge is 0.310 e. The monoisotopic (exact) mass is 349 g/mol. The lowest BCUT2D eigenvalue weighted by molar-refractivity contribution is 0.124.